The Balaban J connectivity index is 1.25. The van der Waals surface area contributed by atoms with Crippen molar-refractivity contribution in [3.05, 3.63) is 54.4 Å². The van der Waals surface area contributed by atoms with Gasteiger partial charge in [0.1, 0.15) is 5.82 Å². The summed E-state index contributed by atoms with van der Waals surface area (Å²) in [6.45, 7) is 3.68. The number of thioether (sulfide) groups is 1. The highest BCUT2D eigenvalue weighted by Crippen LogP contribution is 2.41. The number of nitrogens with zero attached hydrogens (tertiary/aromatic N) is 4. The maximum Gasteiger partial charge on any atom is 0.234 e. The van der Waals surface area contributed by atoms with Crippen molar-refractivity contribution in [3.8, 4) is 5.69 Å². The maximum absolute atomic E-state index is 12.7. The first kappa shape index (κ1) is 23.4. The van der Waals surface area contributed by atoms with E-state index in [1.54, 1.807) is 0 Å². The van der Waals surface area contributed by atoms with Gasteiger partial charge in [-0.3, -0.25) is 14.2 Å². The lowest BCUT2D eigenvalue weighted by atomic mass is 10.1. The largest absolute Gasteiger partial charge is 0.372 e. The van der Waals surface area contributed by atoms with Crippen LogP contribution in [-0.4, -0.2) is 45.4 Å². The van der Waals surface area contributed by atoms with Crippen LogP contribution in [0.5, 0.6) is 0 Å². The van der Waals surface area contributed by atoms with Crippen LogP contribution in [0.3, 0.4) is 0 Å². The van der Waals surface area contributed by atoms with Crippen LogP contribution in [0.15, 0.2) is 53.7 Å². The molecule has 9 heteroatoms. The highest BCUT2D eigenvalue weighted by atomic mass is 32.2. The van der Waals surface area contributed by atoms with Crippen molar-refractivity contribution in [2.45, 2.75) is 50.1 Å². The van der Waals surface area contributed by atoms with Crippen molar-refractivity contribution < 1.29 is 9.59 Å². The van der Waals surface area contributed by atoms with E-state index in [0.717, 1.165) is 43.1 Å². The van der Waals surface area contributed by atoms with E-state index >= 15 is 0 Å². The van der Waals surface area contributed by atoms with Crippen molar-refractivity contribution in [3.63, 3.8) is 0 Å². The van der Waals surface area contributed by atoms with Gasteiger partial charge < -0.3 is 15.5 Å². The molecule has 0 bridgehead atoms. The average Bonchev–Trinajstić information content (AvgIpc) is 3.62. The van der Waals surface area contributed by atoms with Gasteiger partial charge in [0, 0.05) is 43.0 Å². The molecule has 1 saturated heterocycles. The monoisotopic (exact) mass is 490 g/mol. The van der Waals surface area contributed by atoms with Crippen LogP contribution in [0.1, 0.15) is 50.8 Å². The lowest BCUT2D eigenvalue weighted by molar-refractivity contribution is -0.114. The number of amides is 2. The summed E-state index contributed by atoms with van der Waals surface area (Å²) in [6, 6.07) is 15.7. The Labute approximate surface area is 209 Å². The molecule has 2 heterocycles. The van der Waals surface area contributed by atoms with E-state index in [9.17, 15) is 9.59 Å². The number of anilines is 3. The summed E-state index contributed by atoms with van der Waals surface area (Å²) in [5.74, 6) is 1.30. The molecule has 0 atom stereocenters. The number of aromatic nitrogens is 3. The molecular formula is C26H30N6O2S. The van der Waals surface area contributed by atoms with Crippen molar-refractivity contribution in [2.75, 3.05) is 34.4 Å². The second-order valence-corrected chi connectivity index (χ2v) is 10.1. The van der Waals surface area contributed by atoms with Gasteiger partial charge in [0.2, 0.25) is 11.8 Å². The molecule has 8 nitrogen and oxygen atoms in total. The van der Waals surface area contributed by atoms with Gasteiger partial charge in [-0.15, -0.1) is 10.2 Å². The first-order valence-corrected chi connectivity index (χ1v) is 13.2. The molecule has 2 amide bonds. The third-order valence-corrected chi connectivity index (χ3v) is 7.16. The fourth-order valence-electron chi connectivity index (χ4n) is 4.38. The zero-order chi connectivity index (χ0) is 24.2. The van der Waals surface area contributed by atoms with Crippen LogP contribution >= 0.6 is 11.8 Å². The predicted molar refractivity (Wildman–Crippen MR) is 139 cm³/mol. The fourth-order valence-corrected chi connectivity index (χ4v) is 5.14. The number of piperidine rings is 1. The fraction of sp³-hybridized carbons (Fsp3) is 0.385. The molecule has 0 radical (unpaired) electrons. The zero-order valence-corrected chi connectivity index (χ0v) is 20.7. The second-order valence-electron chi connectivity index (χ2n) is 9.11. The van der Waals surface area contributed by atoms with Gasteiger partial charge in [-0.25, -0.2) is 0 Å². The smallest absolute Gasteiger partial charge is 0.234 e. The molecule has 0 unspecified atom stereocenters. The summed E-state index contributed by atoms with van der Waals surface area (Å²) in [5.41, 5.74) is 3.59. The van der Waals surface area contributed by atoms with Gasteiger partial charge in [0.05, 0.1) is 11.4 Å². The summed E-state index contributed by atoms with van der Waals surface area (Å²) in [7, 11) is 0. The average molecular weight is 491 g/mol. The Morgan fingerprint density at radius 2 is 1.71 bits per heavy atom. The first-order valence-electron chi connectivity index (χ1n) is 12.2. The Hall–Kier alpha value is -3.33. The normalized spacial score (nSPS) is 15.6. The van der Waals surface area contributed by atoms with Crippen molar-refractivity contribution >= 4 is 40.6 Å². The molecule has 1 saturated carbocycles. The van der Waals surface area contributed by atoms with Crippen LogP contribution < -0.4 is 15.5 Å². The zero-order valence-electron chi connectivity index (χ0n) is 19.9. The number of benzene rings is 2. The molecule has 182 valence electrons. The minimum Gasteiger partial charge on any atom is -0.372 e. The van der Waals surface area contributed by atoms with Gasteiger partial charge in [-0.2, -0.15) is 0 Å². The second kappa shape index (κ2) is 10.5. The lowest BCUT2D eigenvalue weighted by Crippen LogP contribution is -2.29. The highest BCUT2D eigenvalue weighted by Gasteiger charge is 2.31. The minimum atomic E-state index is -0.122. The number of nitrogens with one attached hydrogen (secondary N) is 2. The molecule has 1 aliphatic carbocycles. The summed E-state index contributed by atoms with van der Waals surface area (Å²) in [5, 5.41) is 15.3. The molecular weight excluding hydrogens is 460 g/mol. The molecule has 3 aromatic rings. The summed E-state index contributed by atoms with van der Waals surface area (Å²) in [4.78, 5) is 26.6. The Morgan fingerprint density at radius 1 is 0.943 bits per heavy atom. The lowest BCUT2D eigenvalue weighted by Gasteiger charge is -2.28. The molecule has 1 aromatic heterocycles. The van der Waals surface area contributed by atoms with Crippen LogP contribution in [0.25, 0.3) is 5.69 Å². The van der Waals surface area contributed by atoms with E-state index in [0.29, 0.717) is 16.8 Å². The van der Waals surface area contributed by atoms with E-state index in [-0.39, 0.29) is 17.6 Å². The van der Waals surface area contributed by atoms with Crippen LogP contribution in [0.2, 0.25) is 0 Å². The van der Waals surface area contributed by atoms with Crippen molar-refractivity contribution in [1.82, 2.24) is 14.8 Å². The third kappa shape index (κ3) is 5.85. The third-order valence-electron chi connectivity index (χ3n) is 6.23. The SMILES string of the molecule is CC(=O)Nc1cccc(-n2c(SCC(=O)Nc3ccc(N4CCCCC4)cc3)nnc2C2CC2)c1. The standard InChI is InChI=1S/C26H30N6O2S/c1-18(33)27-21-6-5-7-23(16-21)32-25(19-8-9-19)29-30-26(32)35-17-24(34)28-20-10-12-22(13-11-20)31-14-3-2-4-15-31/h5-7,10-13,16,19H,2-4,8-9,14-15,17H2,1H3,(H,27,33)(H,28,34). The van der Waals surface area contributed by atoms with E-state index in [1.165, 1.54) is 43.6 Å². The van der Waals surface area contributed by atoms with Gasteiger partial charge in [0.25, 0.3) is 0 Å². The first-order chi connectivity index (χ1) is 17.1. The Bertz CT molecular complexity index is 1200. The van der Waals surface area contributed by atoms with Crippen molar-refractivity contribution in [2.24, 2.45) is 0 Å². The molecule has 2 aliphatic rings. The molecule has 2 fully saturated rings. The number of hydrogen-bond acceptors (Lipinski definition) is 6. The predicted octanol–water partition coefficient (Wildman–Crippen LogP) is 4.82. The summed E-state index contributed by atoms with van der Waals surface area (Å²) >= 11 is 1.36. The van der Waals surface area contributed by atoms with Crippen LogP contribution in [0.4, 0.5) is 17.1 Å². The topological polar surface area (TPSA) is 92.2 Å². The molecule has 35 heavy (non-hydrogen) atoms. The van der Waals surface area contributed by atoms with Gasteiger partial charge in [-0.1, -0.05) is 17.8 Å². The quantitative estimate of drug-likeness (QED) is 0.440. The number of hydrogen-bond donors (Lipinski definition) is 2. The van der Waals surface area contributed by atoms with E-state index in [4.69, 9.17) is 0 Å². The minimum absolute atomic E-state index is 0.0877. The van der Waals surface area contributed by atoms with E-state index < -0.39 is 0 Å². The van der Waals surface area contributed by atoms with Gasteiger partial charge in [-0.05, 0) is 74.6 Å². The summed E-state index contributed by atoms with van der Waals surface area (Å²) in [6.07, 6.45) is 5.95. The number of carbonyl (C=O) groups excluding carboxylic acids is 2. The Morgan fingerprint density at radius 3 is 2.43 bits per heavy atom. The van der Waals surface area contributed by atoms with Crippen LogP contribution in [0, 0.1) is 0 Å². The molecule has 1 aliphatic heterocycles. The van der Waals surface area contributed by atoms with E-state index in [1.807, 2.05) is 41.0 Å². The molecule has 2 N–H and O–H groups in total. The molecule has 2 aromatic carbocycles. The van der Waals surface area contributed by atoms with Crippen LogP contribution in [-0.2, 0) is 9.59 Å². The molecule has 0 spiro atoms. The Kier molecular flexibility index (Phi) is 7.03. The maximum atomic E-state index is 12.7. The highest BCUT2D eigenvalue weighted by molar-refractivity contribution is 7.99. The number of rotatable bonds is 8. The summed E-state index contributed by atoms with van der Waals surface area (Å²) < 4.78 is 2.01. The van der Waals surface area contributed by atoms with Gasteiger partial charge in [0.15, 0.2) is 5.16 Å². The van der Waals surface area contributed by atoms with E-state index in [2.05, 4.69) is 37.9 Å². The van der Waals surface area contributed by atoms with Gasteiger partial charge >= 0.3 is 0 Å². The number of carbonyl (C=O) groups is 2. The van der Waals surface area contributed by atoms with Crippen molar-refractivity contribution in [1.29, 1.82) is 0 Å². The molecule has 5 rings (SSSR count).